The first-order chi connectivity index (χ1) is 8.99. The standard InChI is InChI=1S/C13H15Br2NO3/c1-3-16(7-6-12(17)19-2)13(18)10-8-9(14)4-5-11(10)15/h4-5,8H,3,6-7H2,1-2H3. The number of carbonyl (C=O) groups is 2. The van der Waals surface area contributed by atoms with E-state index in [1.165, 1.54) is 7.11 Å². The van der Waals surface area contributed by atoms with Gasteiger partial charge in [0, 0.05) is 22.0 Å². The second kappa shape index (κ2) is 7.65. The Labute approximate surface area is 129 Å². The molecule has 0 aliphatic carbocycles. The van der Waals surface area contributed by atoms with Crippen LogP contribution in [0.5, 0.6) is 0 Å². The van der Waals surface area contributed by atoms with Crippen molar-refractivity contribution in [3.05, 3.63) is 32.7 Å². The molecule has 0 spiro atoms. The van der Waals surface area contributed by atoms with E-state index in [4.69, 9.17) is 0 Å². The summed E-state index contributed by atoms with van der Waals surface area (Å²) < 4.78 is 6.15. The van der Waals surface area contributed by atoms with E-state index in [9.17, 15) is 9.59 Å². The molecule has 1 aromatic rings. The van der Waals surface area contributed by atoms with Crippen LogP contribution in [0, 0.1) is 0 Å². The zero-order chi connectivity index (χ0) is 14.4. The highest BCUT2D eigenvalue weighted by atomic mass is 79.9. The quantitative estimate of drug-likeness (QED) is 0.722. The maximum Gasteiger partial charge on any atom is 0.307 e. The van der Waals surface area contributed by atoms with Gasteiger partial charge in [0.25, 0.3) is 5.91 Å². The van der Waals surface area contributed by atoms with Gasteiger partial charge in [-0.05, 0) is 41.1 Å². The smallest absolute Gasteiger partial charge is 0.307 e. The second-order valence-corrected chi connectivity index (χ2v) is 5.61. The van der Waals surface area contributed by atoms with Gasteiger partial charge in [0.05, 0.1) is 19.1 Å². The van der Waals surface area contributed by atoms with Crippen molar-refractivity contribution in [2.45, 2.75) is 13.3 Å². The topological polar surface area (TPSA) is 46.6 Å². The van der Waals surface area contributed by atoms with Gasteiger partial charge in [-0.25, -0.2) is 0 Å². The molecule has 0 heterocycles. The van der Waals surface area contributed by atoms with E-state index in [1.54, 1.807) is 11.0 Å². The summed E-state index contributed by atoms with van der Waals surface area (Å²) in [4.78, 5) is 25.1. The summed E-state index contributed by atoms with van der Waals surface area (Å²) in [6.07, 6.45) is 0.196. The highest BCUT2D eigenvalue weighted by molar-refractivity contribution is 9.11. The van der Waals surface area contributed by atoms with Gasteiger partial charge >= 0.3 is 5.97 Å². The summed E-state index contributed by atoms with van der Waals surface area (Å²) >= 11 is 6.71. The molecule has 0 N–H and O–H groups in total. The monoisotopic (exact) mass is 391 g/mol. The summed E-state index contributed by atoms with van der Waals surface area (Å²) in [7, 11) is 1.34. The maximum atomic E-state index is 12.4. The van der Waals surface area contributed by atoms with E-state index in [2.05, 4.69) is 36.6 Å². The number of amides is 1. The number of carbonyl (C=O) groups excluding carboxylic acids is 2. The number of methoxy groups -OCH3 is 1. The zero-order valence-corrected chi connectivity index (χ0v) is 14.0. The molecule has 1 aromatic carbocycles. The van der Waals surface area contributed by atoms with Crippen molar-refractivity contribution >= 4 is 43.7 Å². The lowest BCUT2D eigenvalue weighted by Gasteiger charge is -2.21. The lowest BCUT2D eigenvalue weighted by Crippen LogP contribution is -2.33. The molecule has 1 amide bonds. The Morgan fingerprint density at radius 2 is 2.00 bits per heavy atom. The van der Waals surface area contributed by atoms with Crippen LogP contribution in [0.4, 0.5) is 0 Å². The Balaban J connectivity index is 2.83. The van der Waals surface area contributed by atoms with Crippen molar-refractivity contribution in [2.75, 3.05) is 20.2 Å². The average Bonchev–Trinajstić information content (AvgIpc) is 2.41. The third kappa shape index (κ3) is 4.62. The molecule has 0 aliphatic heterocycles. The van der Waals surface area contributed by atoms with Crippen LogP contribution >= 0.6 is 31.9 Å². The van der Waals surface area contributed by atoms with Crippen molar-refractivity contribution in [2.24, 2.45) is 0 Å². The van der Waals surface area contributed by atoms with Gasteiger partial charge in [0.15, 0.2) is 0 Å². The average molecular weight is 393 g/mol. The highest BCUT2D eigenvalue weighted by Gasteiger charge is 2.18. The van der Waals surface area contributed by atoms with Crippen LogP contribution in [0.15, 0.2) is 27.1 Å². The van der Waals surface area contributed by atoms with Gasteiger partial charge in [-0.1, -0.05) is 15.9 Å². The molecule has 0 aliphatic rings. The summed E-state index contributed by atoms with van der Waals surface area (Å²) in [6.45, 7) is 2.76. The third-order valence-electron chi connectivity index (χ3n) is 2.64. The molecule has 104 valence electrons. The number of halogens is 2. The molecule has 0 unspecified atom stereocenters. The maximum absolute atomic E-state index is 12.4. The Morgan fingerprint density at radius 3 is 2.58 bits per heavy atom. The van der Waals surface area contributed by atoms with Crippen molar-refractivity contribution in [3.63, 3.8) is 0 Å². The molecular formula is C13H15Br2NO3. The first-order valence-corrected chi connectivity index (χ1v) is 7.39. The molecule has 19 heavy (non-hydrogen) atoms. The second-order valence-electron chi connectivity index (χ2n) is 3.84. The molecule has 0 radical (unpaired) electrons. The Hall–Kier alpha value is -0.880. The van der Waals surface area contributed by atoms with E-state index in [0.29, 0.717) is 18.7 Å². The summed E-state index contributed by atoms with van der Waals surface area (Å²) in [5.74, 6) is -0.431. The lowest BCUT2D eigenvalue weighted by atomic mass is 10.2. The number of hydrogen-bond acceptors (Lipinski definition) is 3. The summed E-state index contributed by atoms with van der Waals surface area (Å²) in [6, 6.07) is 5.42. The van der Waals surface area contributed by atoms with Crippen molar-refractivity contribution in [1.82, 2.24) is 4.90 Å². The highest BCUT2D eigenvalue weighted by Crippen LogP contribution is 2.23. The van der Waals surface area contributed by atoms with Gasteiger partial charge in [-0.3, -0.25) is 9.59 Å². The van der Waals surface area contributed by atoms with Crippen LogP contribution in [-0.4, -0.2) is 37.0 Å². The van der Waals surface area contributed by atoms with E-state index < -0.39 is 0 Å². The van der Waals surface area contributed by atoms with Gasteiger partial charge in [-0.2, -0.15) is 0 Å². The minimum absolute atomic E-state index is 0.112. The number of nitrogens with zero attached hydrogens (tertiary/aromatic N) is 1. The SMILES string of the molecule is CCN(CCC(=O)OC)C(=O)c1cc(Br)ccc1Br. The van der Waals surface area contributed by atoms with Gasteiger partial charge in [-0.15, -0.1) is 0 Å². The molecule has 0 atom stereocenters. The van der Waals surface area contributed by atoms with Crippen LogP contribution < -0.4 is 0 Å². The fourth-order valence-electron chi connectivity index (χ4n) is 1.56. The van der Waals surface area contributed by atoms with E-state index >= 15 is 0 Å². The van der Waals surface area contributed by atoms with E-state index in [-0.39, 0.29) is 18.3 Å². The Kier molecular flexibility index (Phi) is 6.51. The van der Waals surface area contributed by atoms with Crippen LogP contribution in [0.2, 0.25) is 0 Å². The van der Waals surface area contributed by atoms with Gasteiger partial charge < -0.3 is 9.64 Å². The molecule has 6 heteroatoms. The molecule has 0 saturated carbocycles. The number of esters is 1. The zero-order valence-electron chi connectivity index (χ0n) is 10.8. The number of benzene rings is 1. The van der Waals surface area contributed by atoms with Crippen LogP contribution in [-0.2, 0) is 9.53 Å². The van der Waals surface area contributed by atoms with Crippen molar-refractivity contribution < 1.29 is 14.3 Å². The summed E-state index contributed by atoms with van der Waals surface area (Å²) in [5, 5.41) is 0. The van der Waals surface area contributed by atoms with Crippen molar-refractivity contribution in [1.29, 1.82) is 0 Å². The normalized spacial score (nSPS) is 10.1. The van der Waals surface area contributed by atoms with Crippen LogP contribution in [0.25, 0.3) is 0 Å². The minimum Gasteiger partial charge on any atom is -0.469 e. The third-order valence-corrected chi connectivity index (χ3v) is 3.83. The van der Waals surface area contributed by atoms with Crippen molar-refractivity contribution in [3.8, 4) is 0 Å². The molecule has 0 aromatic heterocycles. The van der Waals surface area contributed by atoms with E-state index in [0.717, 1.165) is 8.95 Å². The fraction of sp³-hybridized carbons (Fsp3) is 0.385. The first-order valence-electron chi connectivity index (χ1n) is 5.80. The predicted molar refractivity (Wildman–Crippen MR) is 80.1 cm³/mol. The molecule has 1 rings (SSSR count). The molecule has 4 nitrogen and oxygen atoms in total. The minimum atomic E-state index is -0.320. The van der Waals surface area contributed by atoms with Crippen LogP contribution in [0.1, 0.15) is 23.7 Å². The van der Waals surface area contributed by atoms with Gasteiger partial charge in [0.1, 0.15) is 0 Å². The molecule has 0 bridgehead atoms. The van der Waals surface area contributed by atoms with E-state index in [1.807, 2.05) is 19.1 Å². The Morgan fingerprint density at radius 1 is 1.32 bits per heavy atom. The summed E-state index contributed by atoms with van der Waals surface area (Å²) in [5.41, 5.74) is 0.570. The largest absolute Gasteiger partial charge is 0.469 e. The molecule has 0 saturated heterocycles. The van der Waals surface area contributed by atoms with Gasteiger partial charge in [0.2, 0.25) is 0 Å². The lowest BCUT2D eigenvalue weighted by molar-refractivity contribution is -0.140. The number of rotatable bonds is 5. The fourth-order valence-corrected chi connectivity index (χ4v) is 2.34. The molecule has 0 fully saturated rings. The number of hydrogen-bond donors (Lipinski definition) is 0. The van der Waals surface area contributed by atoms with Crippen LogP contribution in [0.3, 0.4) is 0 Å². The molecular weight excluding hydrogens is 378 g/mol. The first kappa shape index (κ1) is 16.2. The number of ether oxygens (including phenoxy) is 1. The Bertz CT molecular complexity index is 477. The predicted octanol–water partition coefficient (Wildman–Crippen LogP) is 3.24.